The third-order valence-corrected chi connectivity index (χ3v) is 2.61. The van der Waals surface area contributed by atoms with Crippen molar-refractivity contribution in [3.63, 3.8) is 0 Å². The van der Waals surface area contributed by atoms with Gasteiger partial charge in [-0.15, -0.1) is 0 Å². The van der Waals surface area contributed by atoms with Crippen LogP contribution in [-0.4, -0.2) is 34.6 Å². The van der Waals surface area contributed by atoms with E-state index in [1.54, 1.807) is 31.5 Å². The SMILES string of the molecule is CN(Cc1ccco1)C(=O)c1ccc(C#CCO)cn1. The van der Waals surface area contributed by atoms with Crippen molar-refractivity contribution in [2.45, 2.75) is 6.54 Å². The van der Waals surface area contributed by atoms with Gasteiger partial charge in [-0.2, -0.15) is 0 Å². The van der Waals surface area contributed by atoms with Gasteiger partial charge in [-0.1, -0.05) is 11.8 Å². The number of nitrogens with zero attached hydrogens (tertiary/aromatic N) is 2. The summed E-state index contributed by atoms with van der Waals surface area (Å²) < 4.78 is 5.20. The molecule has 0 saturated heterocycles. The van der Waals surface area contributed by atoms with Crippen molar-refractivity contribution in [2.75, 3.05) is 13.7 Å². The number of rotatable bonds is 3. The maximum absolute atomic E-state index is 12.1. The summed E-state index contributed by atoms with van der Waals surface area (Å²) in [6.45, 7) is 0.187. The quantitative estimate of drug-likeness (QED) is 0.853. The third-order valence-electron chi connectivity index (χ3n) is 2.61. The molecule has 0 aliphatic heterocycles. The lowest BCUT2D eigenvalue weighted by Gasteiger charge is -2.14. The van der Waals surface area contributed by atoms with Gasteiger partial charge in [0.25, 0.3) is 5.91 Å². The van der Waals surface area contributed by atoms with Crippen LogP contribution in [0.2, 0.25) is 0 Å². The van der Waals surface area contributed by atoms with Crippen LogP contribution >= 0.6 is 0 Å². The van der Waals surface area contributed by atoms with E-state index >= 15 is 0 Å². The molecule has 2 aromatic rings. The summed E-state index contributed by atoms with van der Waals surface area (Å²) in [5, 5.41) is 8.60. The summed E-state index contributed by atoms with van der Waals surface area (Å²) in [6, 6.07) is 6.90. The predicted octanol–water partition coefficient (Wildman–Crippen LogP) is 1.29. The van der Waals surface area contributed by atoms with Crippen LogP contribution in [0.5, 0.6) is 0 Å². The molecule has 0 spiro atoms. The number of hydrogen-bond donors (Lipinski definition) is 1. The largest absolute Gasteiger partial charge is 0.467 e. The van der Waals surface area contributed by atoms with Gasteiger partial charge >= 0.3 is 0 Å². The molecule has 0 saturated carbocycles. The summed E-state index contributed by atoms with van der Waals surface area (Å²) in [5.74, 6) is 5.77. The van der Waals surface area contributed by atoms with Crippen molar-refractivity contribution in [1.82, 2.24) is 9.88 Å². The minimum Gasteiger partial charge on any atom is -0.467 e. The Morgan fingerprint density at radius 3 is 2.90 bits per heavy atom. The lowest BCUT2D eigenvalue weighted by molar-refractivity contribution is 0.0769. The molecular weight excluding hydrogens is 256 g/mol. The van der Waals surface area contributed by atoms with E-state index in [0.29, 0.717) is 23.6 Å². The predicted molar refractivity (Wildman–Crippen MR) is 72.7 cm³/mol. The van der Waals surface area contributed by atoms with Gasteiger partial charge in [0.1, 0.15) is 18.1 Å². The number of amides is 1. The molecule has 0 bridgehead atoms. The number of aliphatic hydroxyl groups excluding tert-OH is 1. The molecule has 1 N–H and O–H groups in total. The van der Waals surface area contributed by atoms with E-state index in [1.165, 1.54) is 11.1 Å². The number of hydrogen-bond acceptors (Lipinski definition) is 4. The summed E-state index contributed by atoms with van der Waals surface area (Å²) in [5.41, 5.74) is 0.998. The minimum atomic E-state index is -0.202. The highest BCUT2D eigenvalue weighted by Crippen LogP contribution is 2.08. The molecule has 0 radical (unpaired) electrons. The molecule has 2 rings (SSSR count). The number of aromatic nitrogens is 1. The molecule has 1 amide bonds. The standard InChI is InChI=1S/C15H14N2O3/c1-17(11-13-5-3-9-20-13)15(19)14-7-6-12(10-16-14)4-2-8-18/h3,5-7,9-10,18H,8,11H2,1H3. The van der Waals surface area contributed by atoms with Gasteiger partial charge in [0.05, 0.1) is 12.8 Å². The maximum Gasteiger partial charge on any atom is 0.272 e. The van der Waals surface area contributed by atoms with E-state index in [0.717, 1.165) is 0 Å². The Morgan fingerprint density at radius 2 is 2.30 bits per heavy atom. The number of aliphatic hydroxyl groups is 1. The van der Waals surface area contributed by atoms with Gasteiger partial charge < -0.3 is 14.4 Å². The molecule has 5 heteroatoms. The molecule has 2 aromatic heterocycles. The maximum atomic E-state index is 12.1. The van der Waals surface area contributed by atoms with Crippen molar-refractivity contribution in [1.29, 1.82) is 0 Å². The fourth-order valence-electron chi connectivity index (χ4n) is 1.64. The van der Waals surface area contributed by atoms with Crippen molar-refractivity contribution in [3.8, 4) is 11.8 Å². The smallest absolute Gasteiger partial charge is 0.272 e. The number of furan rings is 1. The summed E-state index contributed by atoms with van der Waals surface area (Å²) >= 11 is 0. The molecule has 0 unspecified atom stereocenters. The van der Waals surface area contributed by atoms with E-state index < -0.39 is 0 Å². The Morgan fingerprint density at radius 1 is 1.45 bits per heavy atom. The van der Waals surface area contributed by atoms with E-state index in [1.807, 2.05) is 6.07 Å². The first-order valence-corrected chi connectivity index (χ1v) is 6.04. The Balaban J connectivity index is 2.05. The normalized spacial score (nSPS) is 9.70. The molecule has 0 aliphatic carbocycles. The van der Waals surface area contributed by atoms with Crippen molar-refractivity contribution in [3.05, 3.63) is 53.7 Å². The third kappa shape index (κ3) is 3.46. The second kappa shape index (κ2) is 6.55. The number of pyridine rings is 1. The van der Waals surface area contributed by atoms with Crippen LogP contribution in [0.1, 0.15) is 21.8 Å². The van der Waals surface area contributed by atoms with Gasteiger partial charge in [0.15, 0.2) is 0 Å². The molecule has 20 heavy (non-hydrogen) atoms. The van der Waals surface area contributed by atoms with E-state index in [4.69, 9.17) is 9.52 Å². The Hall–Kier alpha value is -2.58. The van der Waals surface area contributed by atoms with E-state index in [2.05, 4.69) is 16.8 Å². The molecule has 102 valence electrons. The minimum absolute atomic E-state index is 0.192. The second-order valence-electron chi connectivity index (χ2n) is 4.13. The van der Waals surface area contributed by atoms with Crippen LogP contribution in [0.25, 0.3) is 0 Å². The molecular formula is C15H14N2O3. The van der Waals surface area contributed by atoms with Crippen LogP contribution in [0.3, 0.4) is 0 Å². The lowest BCUT2D eigenvalue weighted by Crippen LogP contribution is -2.26. The highest BCUT2D eigenvalue weighted by atomic mass is 16.3. The van der Waals surface area contributed by atoms with Gasteiger partial charge in [-0.25, -0.2) is 4.98 Å². The van der Waals surface area contributed by atoms with E-state index in [9.17, 15) is 4.79 Å². The molecule has 0 fully saturated rings. The van der Waals surface area contributed by atoms with Crippen LogP contribution in [0.4, 0.5) is 0 Å². The highest BCUT2D eigenvalue weighted by molar-refractivity contribution is 5.92. The zero-order chi connectivity index (χ0) is 14.4. The molecule has 0 aliphatic rings. The van der Waals surface area contributed by atoms with Crippen LogP contribution in [0, 0.1) is 11.8 Å². The summed E-state index contributed by atoms with van der Waals surface area (Å²) in [6.07, 6.45) is 3.08. The highest BCUT2D eigenvalue weighted by Gasteiger charge is 2.14. The topological polar surface area (TPSA) is 66.6 Å². The average molecular weight is 270 g/mol. The van der Waals surface area contributed by atoms with Crippen molar-refractivity contribution in [2.24, 2.45) is 0 Å². The first-order chi connectivity index (χ1) is 9.70. The monoisotopic (exact) mass is 270 g/mol. The molecule has 5 nitrogen and oxygen atoms in total. The fourth-order valence-corrected chi connectivity index (χ4v) is 1.64. The molecule has 0 aromatic carbocycles. The van der Waals surface area contributed by atoms with Gasteiger partial charge in [-0.3, -0.25) is 4.79 Å². The van der Waals surface area contributed by atoms with Crippen molar-refractivity contribution >= 4 is 5.91 Å². The molecule has 0 atom stereocenters. The zero-order valence-corrected chi connectivity index (χ0v) is 11.0. The number of carbonyl (C=O) groups is 1. The van der Waals surface area contributed by atoms with Crippen LogP contribution in [0.15, 0.2) is 41.1 Å². The Labute approximate surface area is 116 Å². The summed E-state index contributed by atoms with van der Waals surface area (Å²) in [4.78, 5) is 17.7. The van der Waals surface area contributed by atoms with Gasteiger partial charge in [-0.05, 0) is 24.3 Å². The zero-order valence-electron chi connectivity index (χ0n) is 11.0. The van der Waals surface area contributed by atoms with Gasteiger partial charge in [0.2, 0.25) is 0 Å². The van der Waals surface area contributed by atoms with E-state index in [-0.39, 0.29) is 12.5 Å². The lowest BCUT2D eigenvalue weighted by atomic mass is 10.2. The van der Waals surface area contributed by atoms with Crippen molar-refractivity contribution < 1.29 is 14.3 Å². The first-order valence-electron chi connectivity index (χ1n) is 6.04. The average Bonchev–Trinajstić information content (AvgIpc) is 2.97. The van der Waals surface area contributed by atoms with Crippen LogP contribution in [-0.2, 0) is 6.54 Å². The Kier molecular flexibility index (Phi) is 4.53. The fraction of sp³-hybridized carbons (Fsp3) is 0.200. The number of carbonyl (C=O) groups excluding carboxylic acids is 1. The summed E-state index contributed by atoms with van der Waals surface area (Å²) in [7, 11) is 1.69. The van der Waals surface area contributed by atoms with Gasteiger partial charge in [0, 0.05) is 18.8 Å². The van der Waals surface area contributed by atoms with Crippen LogP contribution < -0.4 is 0 Å². The Bertz CT molecular complexity index is 621. The second-order valence-corrected chi connectivity index (χ2v) is 4.13. The molecule has 2 heterocycles. The first kappa shape index (κ1) is 13.8.